The molecule has 0 saturated carbocycles. The maximum Gasteiger partial charge on any atom is 0.235 e. The number of nitrogens with one attached hydrogen (secondary N) is 2. The van der Waals surface area contributed by atoms with Gasteiger partial charge in [0.25, 0.3) is 0 Å². The Hall–Kier alpha value is -2.58. The van der Waals surface area contributed by atoms with Gasteiger partial charge in [-0.1, -0.05) is 30.3 Å². The van der Waals surface area contributed by atoms with E-state index in [9.17, 15) is 13.2 Å². The van der Waals surface area contributed by atoms with Crippen LogP contribution in [0.2, 0.25) is 0 Å². The van der Waals surface area contributed by atoms with Gasteiger partial charge < -0.3 is 14.8 Å². The first-order valence-electron chi connectivity index (χ1n) is 8.10. The van der Waals surface area contributed by atoms with Crippen LogP contribution in [0, 0.1) is 6.92 Å². The summed E-state index contributed by atoms with van der Waals surface area (Å²) in [6.07, 6.45) is 0. The quantitative estimate of drug-likeness (QED) is 0.763. The van der Waals surface area contributed by atoms with Crippen LogP contribution in [0.1, 0.15) is 16.7 Å². The first-order chi connectivity index (χ1) is 12.4. The summed E-state index contributed by atoms with van der Waals surface area (Å²) in [7, 11) is -3.65. The summed E-state index contributed by atoms with van der Waals surface area (Å²) in [5.74, 6) is 0.486. The van der Waals surface area contributed by atoms with Gasteiger partial charge in [-0.3, -0.25) is 4.79 Å². The lowest BCUT2D eigenvalue weighted by Gasteiger charge is -2.09. The predicted octanol–water partition coefficient (Wildman–Crippen LogP) is 1.46. The van der Waals surface area contributed by atoms with Gasteiger partial charge in [0.05, 0.1) is 12.3 Å². The molecule has 0 saturated heterocycles. The SMILES string of the molecule is Cc1ccccc1CNC(=O)CNS(=O)(=O)Cc1ccc2c(c1)OCO2. The molecule has 2 aromatic rings. The molecule has 0 spiro atoms. The van der Waals surface area contributed by atoms with Crippen LogP contribution in [0.4, 0.5) is 0 Å². The van der Waals surface area contributed by atoms with E-state index in [2.05, 4.69) is 10.0 Å². The second-order valence-electron chi connectivity index (χ2n) is 5.97. The molecule has 1 amide bonds. The second-order valence-corrected chi connectivity index (χ2v) is 7.78. The first kappa shape index (κ1) is 18.2. The Morgan fingerprint density at radius 1 is 1.12 bits per heavy atom. The monoisotopic (exact) mass is 376 g/mol. The summed E-state index contributed by atoms with van der Waals surface area (Å²) in [6.45, 7) is 2.13. The highest BCUT2D eigenvalue weighted by Crippen LogP contribution is 2.32. The largest absolute Gasteiger partial charge is 0.454 e. The van der Waals surface area contributed by atoms with E-state index in [1.165, 1.54) is 0 Å². The van der Waals surface area contributed by atoms with Crippen molar-refractivity contribution >= 4 is 15.9 Å². The zero-order chi connectivity index (χ0) is 18.6. The van der Waals surface area contributed by atoms with Gasteiger partial charge in [-0.25, -0.2) is 13.1 Å². The third-order valence-corrected chi connectivity index (χ3v) is 5.28. The van der Waals surface area contributed by atoms with Gasteiger partial charge >= 0.3 is 0 Å². The third-order valence-electron chi connectivity index (χ3n) is 3.98. The fraction of sp³-hybridized carbons (Fsp3) is 0.278. The van der Waals surface area contributed by atoms with Gasteiger partial charge in [-0.2, -0.15) is 0 Å². The Kier molecular flexibility index (Phi) is 5.43. The molecule has 0 unspecified atom stereocenters. The Morgan fingerprint density at radius 3 is 2.69 bits per heavy atom. The molecule has 0 atom stereocenters. The molecule has 3 rings (SSSR count). The van der Waals surface area contributed by atoms with Crippen LogP contribution < -0.4 is 19.5 Å². The molecular formula is C18H20N2O5S. The molecule has 0 fully saturated rings. The van der Waals surface area contributed by atoms with Gasteiger partial charge in [-0.15, -0.1) is 0 Å². The van der Waals surface area contributed by atoms with E-state index in [0.29, 0.717) is 23.6 Å². The number of amides is 1. The van der Waals surface area contributed by atoms with E-state index in [1.807, 2.05) is 31.2 Å². The van der Waals surface area contributed by atoms with Gasteiger partial charge in [0.15, 0.2) is 11.5 Å². The van der Waals surface area contributed by atoms with Crippen LogP contribution in [0.15, 0.2) is 42.5 Å². The fourth-order valence-electron chi connectivity index (χ4n) is 2.54. The van der Waals surface area contributed by atoms with Crippen molar-refractivity contribution in [2.45, 2.75) is 19.2 Å². The number of fused-ring (bicyclic) bond motifs is 1. The smallest absolute Gasteiger partial charge is 0.235 e. The molecule has 7 nitrogen and oxygen atoms in total. The highest BCUT2D eigenvalue weighted by atomic mass is 32.2. The van der Waals surface area contributed by atoms with E-state index in [4.69, 9.17) is 9.47 Å². The highest BCUT2D eigenvalue weighted by molar-refractivity contribution is 7.88. The van der Waals surface area contributed by atoms with Crippen LogP contribution in [-0.2, 0) is 27.1 Å². The highest BCUT2D eigenvalue weighted by Gasteiger charge is 2.18. The molecule has 0 aliphatic carbocycles. The summed E-state index contributed by atoms with van der Waals surface area (Å²) in [5, 5.41) is 2.71. The van der Waals surface area contributed by atoms with Crippen molar-refractivity contribution < 1.29 is 22.7 Å². The van der Waals surface area contributed by atoms with Crippen molar-refractivity contribution in [2.75, 3.05) is 13.3 Å². The Bertz CT molecular complexity index is 912. The van der Waals surface area contributed by atoms with Gasteiger partial charge in [-0.05, 0) is 35.7 Å². The maximum atomic E-state index is 12.2. The van der Waals surface area contributed by atoms with Crippen molar-refractivity contribution in [3.05, 3.63) is 59.2 Å². The summed E-state index contributed by atoms with van der Waals surface area (Å²) < 4.78 is 37.1. The number of hydrogen-bond donors (Lipinski definition) is 2. The molecule has 1 heterocycles. The molecular weight excluding hydrogens is 356 g/mol. The number of carbonyl (C=O) groups excluding carboxylic acids is 1. The lowest BCUT2D eigenvalue weighted by Crippen LogP contribution is -2.37. The van der Waals surface area contributed by atoms with Crippen molar-refractivity contribution in [3.63, 3.8) is 0 Å². The van der Waals surface area contributed by atoms with Crippen LogP contribution in [-0.4, -0.2) is 27.7 Å². The minimum absolute atomic E-state index is 0.130. The summed E-state index contributed by atoms with van der Waals surface area (Å²) in [4.78, 5) is 11.9. The molecule has 2 N–H and O–H groups in total. The maximum absolute atomic E-state index is 12.2. The topological polar surface area (TPSA) is 93.7 Å². The van der Waals surface area contributed by atoms with Gasteiger partial charge in [0.2, 0.25) is 22.7 Å². The van der Waals surface area contributed by atoms with E-state index in [1.54, 1.807) is 18.2 Å². The first-order valence-corrected chi connectivity index (χ1v) is 9.75. The number of benzene rings is 2. The standard InChI is InChI=1S/C18H20N2O5S/c1-13-4-2-3-5-15(13)9-19-18(21)10-20-26(22,23)11-14-6-7-16-17(8-14)25-12-24-16/h2-8,20H,9-12H2,1H3,(H,19,21). The van der Waals surface area contributed by atoms with E-state index in [0.717, 1.165) is 11.1 Å². The van der Waals surface area contributed by atoms with Crippen molar-refractivity contribution in [1.82, 2.24) is 10.0 Å². The van der Waals surface area contributed by atoms with Crippen molar-refractivity contribution in [2.24, 2.45) is 0 Å². The number of rotatable bonds is 7. The van der Waals surface area contributed by atoms with Crippen LogP contribution in [0.3, 0.4) is 0 Å². The fourth-order valence-corrected chi connectivity index (χ4v) is 3.61. The molecule has 0 aromatic heterocycles. The third kappa shape index (κ3) is 4.74. The molecule has 1 aliphatic rings. The van der Waals surface area contributed by atoms with Crippen LogP contribution >= 0.6 is 0 Å². The lowest BCUT2D eigenvalue weighted by atomic mass is 10.1. The normalized spacial score (nSPS) is 12.8. The predicted molar refractivity (Wildman–Crippen MR) is 96.2 cm³/mol. The second kappa shape index (κ2) is 7.76. The Balaban J connectivity index is 1.50. The van der Waals surface area contributed by atoms with Crippen LogP contribution in [0.25, 0.3) is 0 Å². The molecule has 0 bridgehead atoms. The zero-order valence-corrected chi connectivity index (χ0v) is 15.1. The lowest BCUT2D eigenvalue weighted by molar-refractivity contribution is -0.120. The summed E-state index contributed by atoms with van der Waals surface area (Å²) in [6, 6.07) is 12.6. The Morgan fingerprint density at radius 2 is 1.88 bits per heavy atom. The number of sulfonamides is 1. The molecule has 1 aliphatic heterocycles. The van der Waals surface area contributed by atoms with E-state index in [-0.39, 0.29) is 25.0 Å². The minimum atomic E-state index is -3.65. The Labute approximate surface area is 152 Å². The molecule has 2 aromatic carbocycles. The van der Waals surface area contributed by atoms with Crippen molar-refractivity contribution in [3.8, 4) is 11.5 Å². The minimum Gasteiger partial charge on any atom is -0.454 e. The summed E-state index contributed by atoms with van der Waals surface area (Å²) >= 11 is 0. The average Bonchev–Trinajstić information content (AvgIpc) is 3.07. The zero-order valence-electron chi connectivity index (χ0n) is 14.3. The van der Waals surface area contributed by atoms with Gasteiger partial charge in [0, 0.05) is 6.54 Å². The molecule has 138 valence electrons. The van der Waals surface area contributed by atoms with E-state index >= 15 is 0 Å². The van der Waals surface area contributed by atoms with Crippen LogP contribution in [0.5, 0.6) is 11.5 Å². The van der Waals surface area contributed by atoms with E-state index < -0.39 is 10.0 Å². The average molecular weight is 376 g/mol. The summed E-state index contributed by atoms with van der Waals surface area (Å²) in [5.41, 5.74) is 2.61. The number of hydrogen-bond acceptors (Lipinski definition) is 5. The molecule has 0 radical (unpaired) electrons. The number of aryl methyl sites for hydroxylation is 1. The number of carbonyl (C=O) groups is 1. The van der Waals surface area contributed by atoms with Crippen molar-refractivity contribution in [1.29, 1.82) is 0 Å². The number of ether oxygens (including phenoxy) is 2. The molecule has 26 heavy (non-hydrogen) atoms. The van der Waals surface area contributed by atoms with Gasteiger partial charge in [0.1, 0.15) is 0 Å². The molecule has 8 heteroatoms.